The molecule has 9 heteroatoms. The van der Waals surface area contributed by atoms with E-state index in [2.05, 4.69) is 16.3 Å². The van der Waals surface area contributed by atoms with Crippen LogP contribution in [0.2, 0.25) is 0 Å². The lowest BCUT2D eigenvalue weighted by atomic mass is 10.3. The summed E-state index contributed by atoms with van der Waals surface area (Å²) in [5.41, 5.74) is 4.85. The third-order valence-electron chi connectivity index (χ3n) is 1.40. The maximum Gasteiger partial charge on any atom is 0.324 e. The van der Waals surface area contributed by atoms with Gasteiger partial charge in [0.2, 0.25) is 0 Å². The Morgan fingerprint density at radius 1 is 1.32 bits per heavy atom. The molecule has 0 aromatic heterocycles. The molecule has 0 heterocycles. The second-order valence-corrected chi connectivity index (χ2v) is 7.23. The number of rotatable bonds is 5. The van der Waals surface area contributed by atoms with E-state index < -0.39 is 11.2 Å². The van der Waals surface area contributed by atoms with Gasteiger partial charge in [0.15, 0.2) is 0 Å². The van der Waals surface area contributed by atoms with E-state index in [1.54, 1.807) is 24.3 Å². The Bertz CT molecular complexity index is 402. The minimum Gasteiger partial charge on any atom is -0.488 e. The fourth-order valence-corrected chi connectivity index (χ4v) is 2.60. The highest BCUT2D eigenvalue weighted by Gasteiger charge is 2.32. The van der Waals surface area contributed by atoms with Crippen LogP contribution in [0, 0.1) is 0 Å². The molecule has 0 amide bonds. The van der Waals surface area contributed by atoms with Crippen LogP contribution in [0.5, 0.6) is 5.75 Å². The highest BCUT2D eigenvalue weighted by molar-refractivity contribution is 8.06. The summed E-state index contributed by atoms with van der Waals surface area (Å²) < 4.78 is 7.77. The van der Waals surface area contributed by atoms with Crippen molar-refractivity contribution in [3.05, 3.63) is 30.3 Å². The van der Waals surface area contributed by atoms with Crippen molar-refractivity contribution in [3.8, 4) is 5.75 Å². The van der Waals surface area contributed by atoms with Gasteiger partial charge in [-0.15, -0.1) is 0 Å². The Hall–Kier alpha value is 0.0900. The molecule has 0 aliphatic heterocycles. The highest BCUT2D eigenvalue weighted by Crippen LogP contribution is 2.45. The first-order valence-electron chi connectivity index (χ1n) is 5.22. The van der Waals surface area contributed by atoms with Gasteiger partial charge in [-0.05, 0) is 30.5 Å². The zero-order chi connectivity index (χ0) is 14.9. The SMILES string of the molecule is CCN.OP(O)(=S)OC(Cl)(Cl)COc1ccccc1. The Morgan fingerprint density at radius 3 is 2.21 bits per heavy atom. The van der Waals surface area contributed by atoms with Crippen LogP contribution in [0.1, 0.15) is 6.92 Å². The number of ether oxygens (including phenoxy) is 1. The number of halogens is 2. The maximum absolute atomic E-state index is 8.89. The molecule has 1 rings (SSSR count). The quantitative estimate of drug-likeness (QED) is 0.560. The number of alkyl halides is 2. The van der Waals surface area contributed by atoms with Crippen molar-refractivity contribution in [2.45, 2.75) is 11.4 Å². The summed E-state index contributed by atoms with van der Waals surface area (Å²) in [4.78, 5) is 17.8. The van der Waals surface area contributed by atoms with E-state index in [1.165, 1.54) is 0 Å². The minimum atomic E-state index is -3.92. The first kappa shape index (κ1) is 19.1. The van der Waals surface area contributed by atoms with Gasteiger partial charge in [0.25, 0.3) is 4.52 Å². The van der Waals surface area contributed by atoms with Crippen LogP contribution in [0.15, 0.2) is 30.3 Å². The average molecular weight is 348 g/mol. The van der Waals surface area contributed by atoms with E-state index in [1.807, 2.05) is 13.0 Å². The number of hydrogen-bond acceptors (Lipinski definition) is 4. The van der Waals surface area contributed by atoms with Gasteiger partial charge in [-0.2, -0.15) is 0 Å². The topological polar surface area (TPSA) is 84.9 Å². The van der Waals surface area contributed by atoms with Crippen LogP contribution in [0.3, 0.4) is 0 Å². The molecule has 0 spiro atoms. The Kier molecular flexibility index (Phi) is 9.15. The van der Waals surface area contributed by atoms with Gasteiger partial charge in [0, 0.05) is 0 Å². The Morgan fingerprint density at radius 2 is 1.79 bits per heavy atom. The van der Waals surface area contributed by atoms with Gasteiger partial charge in [-0.1, -0.05) is 48.3 Å². The van der Waals surface area contributed by atoms with Crippen molar-refractivity contribution >= 4 is 41.7 Å². The normalized spacial score (nSPS) is 11.5. The van der Waals surface area contributed by atoms with Gasteiger partial charge >= 0.3 is 6.72 Å². The molecule has 4 N–H and O–H groups in total. The molecular formula is C10H16Cl2NO4PS. The summed E-state index contributed by atoms with van der Waals surface area (Å²) >= 11 is 15.5. The van der Waals surface area contributed by atoms with Crippen LogP contribution in [0.4, 0.5) is 0 Å². The van der Waals surface area contributed by atoms with Gasteiger partial charge in [0.1, 0.15) is 12.4 Å². The molecule has 110 valence electrons. The van der Waals surface area contributed by atoms with Crippen LogP contribution in [-0.2, 0) is 16.3 Å². The molecule has 0 aliphatic carbocycles. The summed E-state index contributed by atoms with van der Waals surface area (Å²) in [5, 5.41) is 0. The molecular weight excluding hydrogens is 332 g/mol. The predicted molar refractivity (Wildman–Crippen MR) is 80.9 cm³/mol. The lowest BCUT2D eigenvalue weighted by Crippen LogP contribution is -2.25. The zero-order valence-electron chi connectivity index (χ0n) is 10.2. The third kappa shape index (κ3) is 11.6. The first-order chi connectivity index (χ1) is 8.70. The fourth-order valence-electron chi connectivity index (χ4n) is 0.884. The summed E-state index contributed by atoms with van der Waals surface area (Å²) in [6, 6.07) is 8.74. The summed E-state index contributed by atoms with van der Waals surface area (Å²) in [7, 11) is 0. The van der Waals surface area contributed by atoms with E-state index in [0.717, 1.165) is 6.54 Å². The van der Waals surface area contributed by atoms with Gasteiger partial charge < -0.3 is 20.3 Å². The molecule has 5 nitrogen and oxygen atoms in total. The molecule has 0 aliphatic rings. The second-order valence-electron chi connectivity index (χ2n) is 3.23. The van der Waals surface area contributed by atoms with Crippen molar-refractivity contribution in [2.75, 3.05) is 13.2 Å². The van der Waals surface area contributed by atoms with Crippen molar-refractivity contribution in [1.29, 1.82) is 0 Å². The molecule has 0 atom stereocenters. The Labute approximate surface area is 127 Å². The van der Waals surface area contributed by atoms with E-state index in [0.29, 0.717) is 5.75 Å². The molecule has 0 fully saturated rings. The van der Waals surface area contributed by atoms with Crippen molar-refractivity contribution in [2.24, 2.45) is 5.73 Å². The second kappa shape index (κ2) is 9.10. The lowest BCUT2D eigenvalue weighted by molar-refractivity contribution is 0.137. The number of benzene rings is 1. The molecule has 1 aromatic rings. The van der Waals surface area contributed by atoms with Crippen LogP contribution < -0.4 is 10.5 Å². The van der Waals surface area contributed by atoms with Crippen LogP contribution in [-0.4, -0.2) is 27.5 Å². The fraction of sp³-hybridized carbons (Fsp3) is 0.400. The average Bonchev–Trinajstić information content (AvgIpc) is 2.26. The molecule has 0 radical (unpaired) electrons. The zero-order valence-corrected chi connectivity index (χ0v) is 13.4. The summed E-state index contributed by atoms with van der Waals surface area (Å²) in [6.07, 6.45) is 0. The number of nitrogens with two attached hydrogens (primary N) is 1. The Balaban J connectivity index is 0.000000982. The predicted octanol–water partition coefficient (Wildman–Crippen LogP) is 2.39. The largest absolute Gasteiger partial charge is 0.488 e. The van der Waals surface area contributed by atoms with Gasteiger partial charge in [0.05, 0.1) is 0 Å². The van der Waals surface area contributed by atoms with E-state index in [4.69, 9.17) is 43.5 Å². The highest BCUT2D eigenvalue weighted by atomic mass is 35.5. The first-order valence-corrected chi connectivity index (χ1v) is 8.60. The third-order valence-corrected chi connectivity index (χ3v) is 2.76. The molecule has 19 heavy (non-hydrogen) atoms. The van der Waals surface area contributed by atoms with Crippen molar-refractivity contribution < 1.29 is 19.0 Å². The minimum absolute atomic E-state index is 0.278. The standard InChI is InChI=1S/C8H9Cl2O4PS.C2H7N/c9-8(10,14-15(11,12)16)6-13-7-4-2-1-3-5-7;1-2-3/h1-5H,6H2,(H2,11,12,16);2-3H2,1H3. The monoisotopic (exact) mass is 347 g/mol. The molecule has 0 saturated carbocycles. The maximum atomic E-state index is 8.89. The van der Waals surface area contributed by atoms with E-state index >= 15 is 0 Å². The van der Waals surface area contributed by atoms with Crippen LogP contribution >= 0.6 is 29.9 Å². The molecule has 0 unspecified atom stereocenters. The van der Waals surface area contributed by atoms with Crippen molar-refractivity contribution in [3.63, 3.8) is 0 Å². The number of para-hydroxylation sites is 1. The molecule has 0 saturated heterocycles. The smallest absolute Gasteiger partial charge is 0.324 e. The summed E-state index contributed by atoms with van der Waals surface area (Å²) in [6.45, 7) is -1.54. The van der Waals surface area contributed by atoms with E-state index in [-0.39, 0.29) is 6.61 Å². The van der Waals surface area contributed by atoms with Crippen molar-refractivity contribution in [1.82, 2.24) is 0 Å². The van der Waals surface area contributed by atoms with E-state index in [9.17, 15) is 0 Å². The summed E-state index contributed by atoms with van der Waals surface area (Å²) in [5.74, 6) is 0.529. The lowest BCUT2D eigenvalue weighted by Gasteiger charge is -2.22. The molecule has 1 aromatic carbocycles. The number of hydrogen-bond donors (Lipinski definition) is 3. The van der Waals surface area contributed by atoms with Crippen LogP contribution in [0.25, 0.3) is 0 Å². The van der Waals surface area contributed by atoms with Gasteiger partial charge in [-0.25, -0.2) is 0 Å². The molecule has 0 bridgehead atoms. The van der Waals surface area contributed by atoms with Gasteiger partial charge in [-0.3, -0.25) is 4.52 Å².